The number of ether oxygens (including phenoxy) is 1. The average molecular weight is 246 g/mol. The molecule has 72 valence electrons. The third kappa shape index (κ3) is 2.34. The second-order valence-electron chi connectivity index (χ2n) is 2.78. The third-order valence-electron chi connectivity index (χ3n) is 1.75. The molecule has 1 heterocycles. The molecule has 0 saturated heterocycles. The van der Waals surface area contributed by atoms with Crippen LogP contribution in [0.5, 0.6) is 0 Å². The summed E-state index contributed by atoms with van der Waals surface area (Å²) >= 11 is 3.33. The molecular formula is C9H12BrNO2. The fourth-order valence-electron chi connectivity index (χ4n) is 1.21. The zero-order chi connectivity index (χ0) is 9.84. The van der Waals surface area contributed by atoms with E-state index in [1.165, 1.54) is 7.11 Å². The average Bonchev–Trinajstić information content (AvgIpc) is 2.46. The Morgan fingerprint density at radius 1 is 1.69 bits per heavy atom. The van der Waals surface area contributed by atoms with E-state index in [-0.39, 0.29) is 5.97 Å². The van der Waals surface area contributed by atoms with Crippen molar-refractivity contribution < 1.29 is 9.53 Å². The zero-order valence-electron chi connectivity index (χ0n) is 7.71. The van der Waals surface area contributed by atoms with E-state index in [0.717, 1.165) is 17.4 Å². The van der Waals surface area contributed by atoms with Gasteiger partial charge in [-0.3, -0.25) is 0 Å². The summed E-state index contributed by atoms with van der Waals surface area (Å²) in [6.07, 6.45) is 1.94. The predicted octanol–water partition coefficient (Wildman–Crippen LogP) is 1.98. The highest BCUT2D eigenvalue weighted by molar-refractivity contribution is 9.09. The van der Waals surface area contributed by atoms with Crippen molar-refractivity contribution >= 4 is 21.9 Å². The van der Waals surface area contributed by atoms with Crippen LogP contribution in [-0.4, -0.2) is 23.0 Å². The van der Waals surface area contributed by atoms with Gasteiger partial charge in [0, 0.05) is 18.1 Å². The van der Waals surface area contributed by atoms with Crippen LogP contribution in [0.3, 0.4) is 0 Å². The maximum absolute atomic E-state index is 11.3. The van der Waals surface area contributed by atoms with Gasteiger partial charge in [0.1, 0.15) is 5.69 Å². The molecule has 0 amide bonds. The van der Waals surface area contributed by atoms with Crippen LogP contribution in [0.15, 0.2) is 12.3 Å². The van der Waals surface area contributed by atoms with Crippen molar-refractivity contribution in [3.05, 3.63) is 23.5 Å². The molecule has 0 atom stereocenters. The van der Waals surface area contributed by atoms with E-state index in [1.54, 1.807) is 0 Å². The van der Waals surface area contributed by atoms with Crippen LogP contribution < -0.4 is 0 Å². The topological polar surface area (TPSA) is 31.2 Å². The molecule has 1 aromatic rings. The molecule has 1 aromatic heterocycles. The van der Waals surface area contributed by atoms with Gasteiger partial charge in [-0.15, -0.1) is 0 Å². The molecule has 0 aromatic carbocycles. The minimum Gasteiger partial charge on any atom is -0.464 e. The predicted molar refractivity (Wildman–Crippen MR) is 54.3 cm³/mol. The molecule has 0 aliphatic rings. The minimum atomic E-state index is -0.283. The lowest BCUT2D eigenvalue weighted by Gasteiger charge is -2.04. The van der Waals surface area contributed by atoms with Gasteiger partial charge in [0.15, 0.2) is 0 Å². The molecule has 3 nitrogen and oxygen atoms in total. The van der Waals surface area contributed by atoms with Gasteiger partial charge in [-0.1, -0.05) is 15.9 Å². The molecule has 0 saturated carbocycles. The number of esters is 1. The number of methoxy groups -OCH3 is 1. The molecular weight excluding hydrogens is 234 g/mol. The largest absolute Gasteiger partial charge is 0.464 e. The standard InChI is InChI=1S/C9H12BrNO2/c1-7-5-8(9(12)13-2)11(6-7)4-3-10/h5-6H,3-4H2,1-2H3. The summed E-state index contributed by atoms with van der Waals surface area (Å²) in [5.41, 5.74) is 1.68. The first-order valence-electron chi connectivity index (χ1n) is 4.00. The normalized spacial score (nSPS) is 10.1. The Kier molecular flexibility index (Phi) is 3.54. The van der Waals surface area contributed by atoms with Gasteiger partial charge in [-0.2, -0.15) is 0 Å². The first-order chi connectivity index (χ1) is 6.19. The van der Waals surface area contributed by atoms with Crippen LogP contribution in [0.1, 0.15) is 16.1 Å². The number of aryl methyl sites for hydroxylation is 2. The van der Waals surface area contributed by atoms with E-state index in [0.29, 0.717) is 5.69 Å². The monoisotopic (exact) mass is 245 g/mol. The summed E-state index contributed by atoms with van der Waals surface area (Å²) in [7, 11) is 1.39. The van der Waals surface area contributed by atoms with E-state index in [1.807, 2.05) is 23.8 Å². The number of rotatable bonds is 3. The van der Waals surface area contributed by atoms with Gasteiger partial charge in [0.05, 0.1) is 7.11 Å². The minimum absolute atomic E-state index is 0.283. The fourth-order valence-corrected chi connectivity index (χ4v) is 1.59. The maximum atomic E-state index is 11.3. The van der Waals surface area contributed by atoms with Gasteiger partial charge >= 0.3 is 5.97 Å². The van der Waals surface area contributed by atoms with Gasteiger partial charge in [-0.05, 0) is 18.6 Å². The molecule has 4 heteroatoms. The van der Waals surface area contributed by atoms with E-state index >= 15 is 0 Å². The van der Waals surface area contributed by atoms with Crippen LogP contribution in [0.4, 0.5) is 0 Å². The lowest BCUT2D eigenvalue weighted by atomic mass is 10.3. The number of aromatic nitrogens is 1. The van der Waals surface area contributed by atoms with Crippen LogP contribution in [-0.2, 0) is 11.3 Å². The van der Waals surface area contributed by atoms with E-state index in [4.69, 9.17) is 0 Å². The first kappa shape index (κ1) is 10.3. The molecule has 0 radical (unpaired) electrons. The van der Waals surface area contributed by atoms with Gasteiger partial charge < -0.3 is 9.30 Å². The molecule has 0 aliphatic carbocycles. The Bertz CT molecular complexity index is 307. The molecule has 0 N–H and O–H groups in total. The number of carbonyl (C=O) groups is 1. The van der Waals surface area contributed by atoms with Crippen molar-refractivity contribution in [3.63, 3.8) is 0 Å². The first-order valence-corrected chi connectivity index (χ1v) is 5.12. The van der Waals surface area contributed by atoms with Crippen molar-refractivity contribution in [2.24, 2.45) is 0 Å². The Labute approximate surface area is 85.8 Å². The third-order valence-corrected chi connectivity index (χ3v) is 2.11. The van der Waals surface area contributed by atoms with Gasteiger partial charge in [0.2, 0.25) is 0 Å². The van der Waals surface area contributed by atoms with Crippen molar-refractivity contribution in [2.75, 3.05) is 12.4 Å². The van der Waals surface area contributed by atoms with Crippen molar-refractivity contribution in [2.45, 2.75) is 13.5 Å². The molecule has 0 unspecified atom stereocenters. The van der Waals surface area contributed by atoms with E-state index < -0.39 is 0 Å². The van der Waals surface area contributed by atoms with Crippen LogP contribution in [0, 0.1) is 6.92 Å². The zero-order valence-corrected chi connectivity index (χ0v) is 9.30. The van der Waals surface area contributed by atoms with Crippen LogP contribution >= 0.6 is 15.9 Å². The summed E-state index contributed by atoms with van der Waals surface area (Å²) < 4.78 is 6.55. The Morgan fingerprint density at radius 2 is 2.38 bits per heavy atom. The molecule has 13 heavy (non-hydrogen) atoms. The van der Waals surface area contributed by atoms with Crippen molar-refractivity contribution in [3.8, 4) is 0 Å². The van der Waals surface area contributed by atoms with Crippen molar-refractivity contribution in [1.82, 2.24) is 4.57 Å². The highest BCUT2D eigenvalue weighted by atomic mass is 79.9. The number of nitrogens with zero attached hydrogens (tertiary/aromatic N) is 1. The number of halogens is 1. The lowest BCUT2D eigenvalue weighted by Crippen LogP contribution is -2.10. The highest BCUT2D eigenvalue weighted by Gasteiger charge is 2.11. The van der Waals surface area contributed by atoms with Crippen LogP contribution in [0.2, 0.25) is 0 Å². The summed E-state index contributed by atoms with van der Waals surface area (Å²) in [6, 6.07) is 1.83. The van der Waals surface area contributed by atoms with Crippen LogP contribution in [0.25, 0.3) is 0 Å². The Balaban J connectivity index is 2.96. The molecule has 0 spiro atoms. The quantitative estimate of drug-likeness (QED) is 0.603. The Morgan fingerprint density at radius 3 is 2.92 bits per heavy atom. The molecule has 1 rings (SSSR count). The SMILES string of the molecule is COC(=O)c1cc(C)cn1CCBr. The van der Waals surface area contributed by atoms with Crippen molar-refractivity contribution in [1.29, 1.82) is 0 Å². The molecule has 0 bridgehead atoms. The number of alkyl halides is 1. The summed E-state index contributed by atoms with van der Waals surface area (Å²) in [5, 5.41) is 0.825. The summed E-state index contributed by atoms with van der Waals surface area (Å²) in [4.78, 5) is 11.3. The van der Waals surface area contributed by atoms with Gasteiger partial charge in [0.25, 0.3) is 0 Å². The number of carbonyl (C=O) groups excluding carboxylic acids is 1. The van der Waals surface area contributed by atoms with E-state index in [9.17, 15) is 4.79 Å². The summed E-state index contributed by atoms with van der Waals surface area (Å²) in [6.45, 7) is 2.73. The highest BCUT2D eigenvalue weighted by Crippen LogP contribution is 2.09. The smallest absolute Gasteiger partial charge is 0.354 e. The van der Waals surface area contributed by atoms with Gasteiger partial charge in [-0.25, -0.2) is 4.79 Å². The lowest BCUT2D eigenvalue weighted by molar-refractivity contribution is 0.0589. The second-order valence-corrected chi connectivity index (χ2v) is 3.57. The summed E-state index contributed by atoms with van der Waals surface area (Å²) in [5.74, 6) is -0.283. The maximum Gasteiger partial charge on any atom is 0.354 e. The molecule has 0 aliphatic heterocycles. The molecule has 0 fully saturated rings. The number of hydrogen-bond donors (Lipinski definition) is 0. The fraction of sp³-hybridized carbons (Fsp3) is 0.444. The Hall–Kier alpha value is -0.770. The number of hydrogen-bond acceptors (Lipinski definition) is 2. The van der Waals surface area contributed by atoms with E-state index in [2.05, 4.69) is 20.7 Å². The second kappa shape index (κ2) is 4.46.